The number of nitrogen functional groups attached to an aromatic ring is 1. The fourth-order valence-corrected chi connectivity index (χ4v) is 2.89. The van der Waals surface area contributed by atoms with Crippen LogP contribution in [0.2, 0.25) is 0 Å². The van der Waals surface area contributed by atoms with Crippen LogP contribution in [0.5, 0.6) is 0 Å². The summed E-state index contributed by atoms with van der Waals surface area (Å²) in [5.74, 6) is 1.15. The third kappa shape index (κ3) is 3.79. The van der Waals surface area contributed by atoms with Gasteiger partial charge in [-0.2, -0.15) is 0 Å². The average Bonchev–Trinajstić information content (AvgIpc) is 2.47. The van der Waals surface area contributed by atoms with Crippen molar-refractivity contribution in [2.75, 3.05) is 34.7 Å². The smallest absolute Gasteiger partial charge is 0.261 e. The van der Waals surface area contributed by atoms with Crippen LogP contribution in [0, 0.1) is 0 Å². The lowest BCUT2D eigenvalue weighted by molar-refractivity contribution is 0.601. The Morgan fingerprint density at radius 1 is 1.14 bits per heavy atom. The Morgan fingerprint density at radius 3 is 2.36 bits per heavy atom. The summed E-state index contributed by atoms with van der Waals surface area (Å²) in [6.07, 6.45) is 0. The SMILES string of the molecule is CCNc1cc(NS(=O)(=O)c2ccc(N)cc2)cc(NC)n1. The van der Waals surface area contributed by atoms with E-state index in [0.717, 1.165) is 0 Å². The van der Waals surface area contributed by atoms with Gasteiger partial charge in [0.15, 0.2) is 0 Å². The summed E-state index contributed by atoms with van der Waals surface area (Å²) >= 11 is 0. The normalized spacial score (nSPS) is 11.0. The first-order valence-electron chi connectivity index (χ1n) is 6.76. The van der Waals surface area contributed by atoms with Crippen molar-refractivity contribution in [2.24, 2.45) is 0 Å². The molecule has 8 heteroatoms. The van der Waals surface area contributed by atoms with E-state index >= 15 is 0 Å². The number of anilines is 4. The molecule has 0 aliphatic rings. The molecular weight excluding hydrogens is 302 g/mol. The molecule has 2 rings (SSSR count). The highest BCUT2D eigenvalue weighted by Gasteiger charge is 2.15. The predicted octanol–water partition coefficient (Wildman–Crippen LogP) is 1.94. The van der Waals surface area contributed by atoms with Crippen LogP contribution < -0.4 is 21.1 Å². The zero-order valence-corrected chi connectivity index (χ0v) is 13.2. The lowest BCUT2D eigenvalue weighted by Crippen LogP contribution is -2.14. The van der Waals surface area contributed by atoms with E-state index in [1.807, 2.05) is 6.92 Å². The Kier molecular flexibility index (Phi) is 4.71. The summed E-state index contributed by atoms with van der Waals surface area (Å²) in [5, 5.41) is 5.95. The van der Waals surface area contributed by atoms with Gasteiger partial charge in [0.25, 0.3) is 10.0 Å². The van der Waals surface area contributed by atoms with E-state index < -0.39 is 10.0 Å². The van der Waals surface area contributed by atoms with Gasteiger partial charge in [0.05, 0.1) is 10.6 Å². The first-order valence-corrected chi connectivity index (χ1v) is 8.25. The van der Waals surface area contributed by atoms with Crippen LogP contribution in [0.3, 0.4) is 0 Å². The van der Waals surface area contributed by atoms with Crippen molar-refractivity contribution < 1.29 is 8.42 Å². The van der Waals surface area contributed by atoms with Gasteiger partial charge in [-0.1, -0.05) is 0 Å². The molecule has 0 saturated heterocycles. The highest BCUT2D eigenvalue weighted by Crippen LogP contribution is 2.22. The van der Waals surface area contributed by atoms with Gasteiger partial charge in [-0.25, -0.2) is 13.4 Å². The van der Waals surface area contributed by atoms with E-state index in [9.17, 15) is 8.42 Å². The molecule has 0 aliphatic carbocycles. The molecule has 0 saturated carbocycles. The number of sulfonamides is 1. The minimum absolute atomic E-state index is 0.148. The van der Waals surface area contributed by atoms with Gasteiger partial charge in [-0.05, 0) is 31.2 Å². The van der Waals surface area contributed by atoms with Gasteiger partial charge in [0, 0.05) is 31.4 Å². The summed E-state index contributed by atoms with van der Waals surface area (Å²) in [7, 11) is -1.96. The molecule has 7 nitrogen and oxygen atoms in total. The fraction of sp³-hybridized carbons (Fsp3) is 0.214. The lowest BCUT2D eigenvalue weighted by atomic mass is 10.3. The number of rotatable bonds is 6. The maximum Gasteiger partial charge on any atom is 0.261 e. The zero-order chi connectivity index (χ0) is 16.2. The Bertz CT molecular complexity index is 744. The first-order chi connectivity index (χ1) is 10.4. The molecule has 0 spiro atoms. The van der Waals surface area contributed by atoms with E-state index in [-0.39, 0.29) is 4.90 Å². The third-order valence-electron chi connectivity index (χ3n) is 2.88. The molecule has 0 unspecified atom stereocenters. The van der Waals surface area contributed by atoms with Crippen molar-refractivity contribution in [1.29, 1.82) is 0 Å². The van der Waals surface area contributed by atoms with Crippen molar-refractivity contribution in [3.63, 3.8) is 0 Å². The lowest BCUT2D eigenvalue weighted by Gasteiger charge is -2.12. The molecule has 2 aromatic rings. The van der Waals surface area contributed by atoms with Gasteiger partial charge in [0.2, 0.25) is 0 Å². The van der Waals surface area contributed by atoms with Crippen LogP contribution in [0.15, 0.2) is 41.3 Å². The van der Waals surface area contributed by atoms with Gasteiger partial charge < -0.3 is 16.4 Å². The third-order valence-corrected chi connectivity index (χ3v) is 4.28. The number of nitrogens with zero attached hydrogens (tertiary/aromatic N) is 1. The fourth-order valence-electron chi connectivity index (χ4n) is 1.85. The largest absolute Gasteiger partial charge is 0.399 e. The van der Waals surface area contributed by atoms with Crippen molar-refractivity contribution >= 4 is 33.0 Å². The van der Waals surface area contributed by atoms with E-state index in [1.165, 1.54) is 12.1 Å². The van der Waals surface area contributed by atoms with E-state index in [4.69, 9.17) is 5.73 Å². The molecular formula is C14H19N5O2S. The zero-order valence-electron chi connectivity index (χ0n) is 12.4. The molecule has 0 atom stereocenters. The molecule has 0 radical (unpaired) electrons. The number of hydrogen-bond acceptors (Lipinski definition) is 6. The van der Waals surface area contributed by atoms with Crippen LogP contribution in [-0.2, 0) is 10.0 Å². The van der Waals surface area contributed by atoms with Gasteiger partial charge >= 0.3 is 0 Å². The second kappa shape index (κ2) is 6.52. The summed E-state index contributed by atoms with van der Waals surface area (Å²) in [4.78, 5) is 4.43. The minimum Gasteiger partial charge on any atom is -0.399 e. The van der Waals surface area contributed by atoms with Crippen LogP contribution in [-0.4, -0.2) is 27.0 Å². The highest BCUT2D eigenvalue weighted by molar-refractivity contribution is 7.92. The molecule has 0 bridgehead atoms. The average molecular weight is 321 g/mol. The molecule has 5 N–H and O–H groups in total. The summed E-state index contributed by atoms with van der Waals surface area (Å²) < 4.78 is 27.3. The molecule has 1 heterocycles. The molecule has 0 amide bonds. The minimum atomic E-state index is -3.68. The van der Waals surface area contributed by atoms with Crippen LogP contribution in [0.25, 0.3) is 0 Å². The van der Waals surface area contributed by atoms with E-state index in [1.54, 1.807) is 31.3 Å². The summed E-state index contributed by atoms with van der Waals surface area (Å²) in [6.45, 7) is 2.62. The Morgan fingerprint density at radius 2 is 1.77 bits per heavy atom. The number of nitrogens with one attached hydrogen (secondary N) is 3. The van der Waals surface area contributed by atoms with Gasteiger partial charge in [-0.15, -0.1) is 0 Å². The van der Waals surface area contributed by atoms with Crippen LogP contribution in [0.4, 0.5) is 23.0 Å². The topological polar surface area (TPSA) is 109 Å². The summed E-state index contributed by atoms with van der Waals surface area (Å²) in [6, 6.07) is 9.27. The van der Waals surface area contributed by atoms with Crippen LogP contribution in [0.1, 0.15) is 6.92 Å². The Hall–Kier alpha value is -2.48. The number of hydrogen-bond donors (Lipinski definition) is 4. The Labute approximate surface area is 130 Å². The Balaban J connectivity index is 2.32. The second-order valence-corrected chi connectivity index (χ2v) is 6.26. The number of pyridine rings is 1. The molecule has 0 aliphatic heterocycles. The van der Waals surface area contributed by atoms with Crippen LogP contribution >= 0.6 is 0 Å². The molecule has 1 aromatic carbocycles. The molecule has 22 heavy (non-hydrogen) atoms. The highest BCUT2D eigenvalue weighted by atomic mass is 32.2. The van der Waals surface area contributed by atoms with Gasteiger partial charge in [-0.3, -0.25) is 4.72 Å². The van der Waals surface area contributed by atoms with Gasteiger partial charge in [0.1, 0.15) is 11.6 Å². The molecule has 0 fully saturated rings. The standard InChI is InChI=1S/C14H19N5O2S/c1-3-17-14-9-11(8-13(16-2)18-14)19-22(20,21)12-6-4-10(15)5-7-12/h4-9H,3,15H2,1-2H3,(H3,16,17,18,19). The predicted molar refractivity (Wildman–Crippen MR) is 89.6 cm³/mol. The quantitative estimate of drug-likeness (QED) is 0.605. The maximum atomic E-state index is 12.4. The molecule has 1 aromatic heterocycles. The van der Waals surface area contributed by atoms with Crippen molar-refractivity contribution in [2.45, 2.75) is 11.8 Å². The van der Waals surface area contributed by atoms with Crippen molar-refractivity contribution in [3.8, 4) is 0 Å². The number of benzene rings is 1. The summed E-state index contributed by atoms with van der Waals surface area (Å²) in [5.41, 5.74) is 6.51. The number of nitrogens with two attached hydrogens (primary N) is 1. The second-order valence-electron chi connectivity index (χ2n) is 4.58. The van der Waals surface area contributed by atoms with Crippen molar-refractivity contribution in [1.82, 2.24) is 4.98 Å². The maximum absolute atomic E-state index is 12.4. The van der Waals surface area contributed by atoms with E-state index in [2.05, 4.69) is 20.3 Å². The monoisotopic (exact) mass is 321 g/mol. The van der Waals surface area contributed by atoms with Crippen molar-refractivity contribution in [3.05, 3.63) is 36.4 Å². The van der Waals surface area contributed by atoms with E-state index in [0.29, 0.717) is 29.6 Å². The molecule has 118 valence electrons. The number of aromatic nitrogens is 1. The first kappa shape index (κ1) is 15.9.